The van der Waals surface area contributed by atoms with Crippen LogP contribution in [0.2, 0.25) is 5.02 Å². The second kappa shape index (κ2) is 5.66. The summed E-state index contributed by atoms with van der Waals surface area (Å²) in [5.74, 6) is 0. The molecule has 0 spiro atoms. The molecule has 0 bridgehead atoms. The van der Waals surface area contributed by atoms with Crippen LogP contribution in [0.25, 0.3) is 0 Å². The van der Waals surface area contributed by atoms with Crippen LogP contribution in [0.1, 0.15) is 11.3 Å². The molecule has 2 rings (SSSR count). The number of nitrogens with two attached hydrogens (primary N) is 1. The minimum atomic E-state index is 0.452. The Bertz CT molecular complexity index is 500. The average Bonchev–Trinajstić information content (AvgIpc) is 2.37. The predicted molar refractivity (Wildman–Crippen MR) is 70.9 cm³/mol. The van der Waals surface area contributed by atoms with Gasteiger partial charge in [-0.15, -0.1) is 0 Å². The number of hydrogen-bond donors (Lipinski definition) is 2. The highest BCUT2D eigenvalue weighted by Gasteiger charge is 2.01. The summed E-state index contributed by atoms with van der Waals surface area (Å²) in [4.78, 5) is 4.24. The van der Waals surface area contributed by atoms with Crippen molar-refractivity contribution < 1.29 is 0 Å². The van der Waals surface area contributed by atoms with E-state index in [1.807, 2.05) is 36.4 Å². The fourth-order valence-corrected chi connectivity index (χ4v) is 1.80. The molecule has 2 aromatic rings. The number of halogens is 1. The van der Waals surface area contributed by atoms with Gasteiger partial charge in [0.25, 0.3) is 0 Å². The Balaban J connectivity index is 2.07. The number of nitrogens with zero attached hydrogens (tertiary/aromatic N) is 1. The first kappa shape index (κ1) is 11.9. The number of hydrogen-bond acceptors (Lipinski definition) is 3. The topological polar surface area (TPSA) is 50.9 Å². The lowest BCUT2D eigenvalue weighted by atomic mass is 10.2. The van der Waals surface area contributed by atoms with Crippen molar-refractivity contribution in [2.45, 2.75) is 13.1 Å². The van der Waals surface area contributed by atoms with Gasteiger partial charge in [0.15, 0.2) is 0 Å². The smallest absolute Gasteiger partial charge is 0.0589 e. The van der Waals surface area contributed by atoms with E-state index in [-0.39, 0.29) is 0 Å². The highest BCUT2D eigenvalue weighted by Crippen LogP contribution is 2.16. The number of pyridine rings is 1. The van der Waals surface area contributed by atoms with E-state index in [4.69, 9.17) is 17.3 Å². The van der Waals surface area contributed by atoms with Gasteiger partial charge >= 0.3 is 0 Å². The molecule has 0 radical (unpaired) electrons. The summed E-state index contributed by atoms with van der Waals surface area (Å²) in [7, 11) is 0. The van der Waals surface area contributed by atoms with Crippen LogP contribution >= 0.6 is 11.6 Å². The summed E-state index contributed by atoms with van der Waals surface area (Å²) >= 11 is 5.91. The lowest BCUT2D eigenvalue weighted by Crippen LogP contribution is -2.08. The Morgan fingerprint density at radius 3 is 2.88 bits per heavy atom. The van der Waals surface area contributed by atoms with Gasteiger partial charge in [-0.2, -0.15) is 0 Å². The number of anilines is 1. The maximum atomic E-state index is 5.91. The SMILES string of the molecule is NCc1ncccc1CNc1cccc(Cl)c1. The molecule has 17 heavy (non-hydrogen) atoms. The molecule has 3 N–H and O–H groups in total. The highest BCUT2D eigenvalue weighted by molar-refractivity contribution is 6.30. The third-order valence-corrected chi connectivity index (χ3v) is 2.72. The Morgan fingerprint density at radius 1 is 1.24 bits per heavy atom. The first-order valence-electron chi connectivity index (χ1n) is 5.42. The van der Waals surface area contributed by atoms with Gasteiger partial charge in [0, 0.05) is 30.0 Å². The summed E-state index contributed by atoms with van der Waals surface area (Å²) in [5, 5.41) is 4.02. The molecular formula is C13H14ClN3. The van der Waals surface area contributed by atoms with Crippen molar-refractivity contribution in [1.29, 1.82) is 0 Å². The van der Waals surface area contributed by atoms with Crippen molar-refractivity contribution in [3.63, 3.8) is 0 Å². The Labute approximate surface area is 106 Å². The molecule has 0 unspecified atom stereocenters. The first-order chi connectivity index (χ1) is 8.29. The molecule has 1 aromatic carbocycles. The number of rotatable bonds is 4. The predicted octanol–water partition coefficient (Wildman–Crippen LogP) is 2.81. The largest absolute Gasteiger partial charge is 0.381 e. The Morgan fingerprint density at radius 2 is 2.12 bits per heavy atom. The number of benzene rings is 1. The van der Waals surface area contributed by atoms with Crippen LogP contribution in [0.5, 0.6) is 0 Å². The van der Waals surface area contributed by atoms with E-state index in [9.17, 15) is 0 Å². The van der Waals surface area contributed by atoms with Crippen LogP contribution in [0.4, 0.5) is 5.69 Å². The second-order valence-corrected chi connectivity index (χ2v) is 4.11. The molecule has 0 amide bonds. The summed E-state index contributed by atoms with van der Waals surface area (Å²) in [5.41, 5.74) is 8.65. The molecule has 1 heterocycles. The molecule has 0 atom stereocenters. The molecular weight excluding hydrogens is 234 g/mol. The molecule has 0 saturated carbocycles. The van der Waals surface area contributed by atoms with E-state index in [2.05, 4.69) is 10.3 Å². The van der Waals surface area contributed by atoms with Crippen molar-refractivity contribution >= 4 is 17.3 Å². The van der Waals surface area contributed by atoms with Gasteiger partial charge in [-0.05, 0) is 29.8 Å². The van der Waals surface area contributed by atoms with Crippen LogP contribution in [-0.4, -0.2) is 4.98 Å². The highest BCUT2D eigenvalue weighted by atomic mass is 35.5. The van der Waals surface area contributed by atoms with E-state index >= 15 is 0 Å². The van der Waals surface area contributed by atoms with Crippen molar-refractivity contribution in [3.8, 4) is 0 Å². The normalized spacial score (nSPS) is 10.2. The Kier molecular flexibility index (Phi) is 3.96. The van der Waals surface area contributed by atoms with Gasteiger partial charge in [0.05, 0.1) is 5.69 Å². The zero-order valence-corrected chi connectivity index (χ0v) is 10.1. The van der Waals surface area contributed by atoms with Crippen LogP contribution in [0.15, 0.2) is 42.6 Å². The van der Waals surface area contributed by atoms with Crippen LogP contribution < -0.4 is 11.1 Å². The lowest BCUT2D eigenvalue weighted by molar-refractivity contribution is 0.939. The average molecular weight is 248 g/mol. The number of nitrogens with one attached hydrogen (secondary N) is 1. The lowest BCUT2D eigenvalue weighted by Gasteiger charge is -2.09. The maximum Gasteiger partial charge on any atom is 0.0589 e. The van der Waals surface area contributed by atoms with Crippen molar-refractivity contribution in [1.82, 2.24) is 4.98 Å². The molecule has 0 saturated heterocycles. The molecule has 4 heteroatoms. The van der Waals surface area contributed by atoms with Crippen LogP contribution in [-0.2, 0) is 13.1 Å². The van der Waals surface area contributed by atoms with Gasteiger partial charge < -0.3 is 11.1 Å². The van der Waals surface area contributed by atoms with E-state index in [0.717, 1.165) is 22.0 Å². The van der Waals surface area contributed by atoms with E-state index < -0.39 is 0 Å². The van der Waals surface area contributed by atoms with Gasteiger partial charge in [0.2, 0.25) is 0 Å². The molecule has 0 fully saturated rings. The zero-order chi connectivity index (χ0) is 12.1. The van der Waals surface area contributed by atoms with Crippen molar-refractivity contribution in [2.24, 2.45) is 5.73 Å². The molecule has 88 valence electrons. The Hall–Kier alpha value is -1.58. The van der Waals surface area contributed by atoms with E-state index in [1.165, 1.54) is 0 Å². The second-order valence-electron chi connectivity index (χ2n) is 3.68. The minimum Gasteiger partial charge on any atom is -0.381 e. The summed E-state index contributed by atoms with van der Waals surface area (Å²) in [6.07, 6.45) is 1.76. The molecule has 0 aliphatic rings. The number of aromatic nitrogens is 1. The van der Waals surface area contributed by atoms with E-state index in [1.54, 1.807) is 6.20 Å². The fraction of sp³-hybridized carbons (Fsp3) is 0.154. The van der Waals surface area contributed by atoms with Gasteiger partial charge in [-0.25, -0.2) is 0 Å². The van der Waals surface area contributed by atoms with Gasteiger partial charge in [-0.1, -0.05) is 23.7 Å². The van der Waals surface area contributed by atoms with Crippen LogP contribution in [0, 0.1) is 0 Å². The van der Waals surface area contributed by atoms with E-state index in [0.29, 0.717) is 13.1 Å². The monoisotopic (exact) mass is 247 g/mol. The van der Waals surface area contributed by atoms with Gasteiger partial charge in [0.1, 0.15) is 0 Å². The van der Waals surface area contributed by atoms with Crippen molar-refractivity contribution in [2.75, 3.05) is 5.32 Å². The fourth-order valence-electron chi connectivity index (χ4n) is 1.61. The minimum absolute atomic E-state index is 0.452. The molecule has 0 aliphatic carbocycles. The quantitative estimate of drug-likeness (QED) is 0.874. The summed E-state index contributed by atoms with van der Waals surface area (Å²) in [6.45, 7) is 1.15. The molecule has 1 aromatic heterocycles. The van der Waals surface area contributed by atoms with Crippen molar-refractivity contribution in [3.05, 3.63) is 58.9 Å². The van der Waals surface area contributed by atoms with Gasteiger partial charge in [-0.3, -0.25) is 4.98 Å². The molecule has 3 nitrogen and oxygen atoms in total. The first-order valence-corrected chi connectivity index (χ1v) is 5.79. The standard InChI is InChI=1S/C13H14ClN3/c14-11-4-1-5-12(7-11)17-9-10-3-2-6-16-13(10)8-15/h1-7,17H,8-9,15H2. The zero-order valence-electron chi connectivity index (χ0n) is 9.36. The third kappa shape index (κ3) is 3.19. The third-order valence-electron chi connectivity index (χ3n) is 2.49. The van der Waals surface area contributed by atoms with Crippen LogP contribution in [0.3, 0.4) is 0 Å². The summed E-state index contributed by atoms with van der Waals surface area (Å²) in [6, 6.07) is 11.6. The molecule has 0 aliphatic heterocycles. The summed E-state index contributed by atoms with van der Waals surface area (Å²) < 4.78 is 0. The maximum absolute atomic E-state index is 5.91.